The van der Waals surface area contributed by atoms with Gasteiger partial charge in [0.05, 0.1) is 48.2 Å². The maximum atomic E-state index is 13.9. The number of unbranched alkanes of at least 4 members (excludes halogenated alkanes) is 4. The quantitative estimate of drug-likeness (QED) is 0.0330. The van der Waals surface area contributed by atoms with E-state index < -0.39 is 95.0 Å². The highest BCUT2D eigenvalue weighted by molar-refractivity contribution is 6.31. The number of aliphatic hydroxyl groups excluding tert-OH is 1. The van der Waals surface area contributed by atoms with Crippen LogP contribution < -0.4 is 10.2 Å². The molecular formula is C47H59NO12. The van der Waals surface area contributed by atoms with Crippen LogP contribution in [0.4, 0.5) is 0 Å². The molecule has 1 saturated heterocycles. The van der Waals surface area contributed by atoms with Crippen molar-refractivity contribution >= 4 is 23.3 Å². The number of nitrogens with one attached hydrogen (secondary N) is 1. The molecule has 1 heterocycles. The summed E-state index contributed by atoms with van der Waals surface area (Å²) < 4.78 is 17.6. The van der Waals surface area contributed by atoms with Crippen molar-refractivity contribution in [3.05, 3.63) is 100 Å². The van der Waals surface area contributed by atoms with Crippen molar-refractivity contribution in [2.75, 3.05) is 7.11 Å². The number of allylic oxidation sites excluding steroid dienone is 8. The van der Waals surface area contributed by atoms with Crippen LogP contribution in [0, 0.1) is 0 Å². The van der Waals surface area contributed by atoms with E-state index in [-0.39, 0.29) is 40.8 Å². The Kier molecular flexibility index (Phi) is 16.6. The van der Waals surface area contributed by atoms with Crippen LogP contribution in [0.2, 0.25) is 0 Å². The molecule has 324 valence electrons. The Hall–Kier alpha value is -4.92. The topological polar surface area (TPSA) is 198 Å². The van der Waals surface area contributed by atoms with Crippen molar-refractivity contribution in [1.82, 2.24) is 5.48 Å². The van der Waals surface area contributed by atoms with Gasteiger partial charge in [-0.3, -0.25) is 19.2 Å². The standard InChI is InChI=1S/C47H59NO12/c1-5-6-7-8-9-10-11-12-13-14-15-16-17-18-19-20-21-25-36(50)60-48-33-26-37(58-29(2)42(33)51)59-35-28-47(56,30(3)49)27-32-39(35)46(55)41-40(44(32)53)43(52)31-23-22-24-34(57-4)38(31)45(41)54/h9-10,12-13,15-16,18-19,22-24,29,33,35,37,42,48,51,53,55-56H,5-8,11,14,17,20-21,25-28H2,1-4H3/t29?,33?,35-,37?,42?,47-/m0/s1. The molecule has 6 atom stereocenters. The minimum atomic E-state index is -2.08. The SMILES string of the molecule is CCCCCC=CCC=CCC=CCC=CCCCC(=O)ONC1CC(O[C@H]2C[C@](O)(C(C)=O)Cc3c(O)c4c(c(O)c32)C(=O)c2c(OC)cccc2C4=O)OC(C)C1O. The van der Waals surface area contributed by atoms with Gasteiger partial charge in [-0.05, 0) is 64.9 Å². The third kappa shape index (κ3) is 10.9. The number of hydrogen-bond acceptors (Lipinski definition) is 13. The lowest BCUT2D eigenvalue weighted by Crippen LogP contribution is -2.54. The molecule has 3 aliphatic rings. The van der Waals surface area contributed by atoms with Crippen molar-refractivity contribution in [3.8, 4) is 17.2 Å². The van der Waals surface area contributed by atoms with Gasteiger partial charge in [-0.1, -0.05) is 80.5 Å². The Morgan fingerprint density at radius 3 is 2.17 bits per heavy atom. The van der Waals surface area contributed by atoms with Gasteiger partial charge in [0, 0.05) is 42.4 Å². The fourth-order valence-electron chi connectivity index (χ4n) is 7.86. The van der Waals surface area contributed by atoms with Gasteiger partial charge in [0.15, 0.2) is 17.9 Å². The second kappa shape index (κ2) is 21.6. The Morgan fingerprint density at radius 1 is 0.900 bits per heavy atom. The van der Waals surface area contributed by atoms with E-state index in [9.17, 15) is 39.6 Å². The van der Waals surface area contributed by atoms with Gasteiger partial charge in [0.2, 0.25) is 5.78 Å². The summed E-state index contributed by atoms with van der Waals surface area (Å²) in [7, 11) is 1.33. The number of benzene rings is 2. The first-order valence-corrected chi connectivity index (χ1v) is 21.0. The number of carbonyl (C=O) groups excluding carboxylic acids is 4. The molecular weight excluding hydrogens is 771 g/mol. The number of ether oxygens (including phenoxy) is 3. The van der Waals surface area contributed by atoms with Gasteiger partial charge >= 0.3 is 5.97 Å². The van der Waals surface area contributed by atoms with E-state index in [1.807, 2.05) is 12.2 Å². The van der Waals surface area contributed by atoms with Crippen LogP contribution in [0.25, 0.3) is 0 Å². The minimum absolute atomic E-state index is 0.0409. The number of rotatable bonds is 20. The van der Waals surface area contributed by atoms with Gasteiger partial charge in [-0.15, -0.1) is 5.48 Å². The number of aromatic hydroxyl groups is 2. The summed E-state index contributed by atoms with van der Waals surface area (Å²) in [5, 5.41) is 45.8. The monoisotopic (exact) mass is 829 g/mol. The molecule has 0 spiro atoms. The lowest BCUT2D eigenvalue weighted by molar-refractivity contribution is -0.256. The van der Waals surface area contributed by atoms with E-state index >= 15 is 0 Å². The highest BCUT2D eigenvalue weighted by Crippen LogP contribution is 2.52. The van der Waals surface area contributed by atoms with Crippen molar-refractivity contribution < 1.29 is 58.7 Å². The number of phenols is 2. The number of methoxy groups -OCH3 is 1. The molecule has 2 aliphatic carbocycles. The van der Waals surface area contributed by atoms with Gasteiger partial charge in [0.25, 0.3) is 0 Å². The first-order valence-electron chi connectivity index (χ1n) is 21.0. The summed E-state index contributed by atoms with van der Waals surface area (Å²) in [6, 6.07) is 3.55. The first kappa shape index (κ1) is 46.2. The molecule has 0 saturated carbocycles. The lowest BCUT2D eigenvalue weighted by atomic mass is 9.72. The van der Waals surface area contributed by atoms with E-state index in [0.29, 0.717) is 12.8 Å². The highest BCUT2D eigenvalue weighted by Gasteiger charge is 2.49. The molecule has 0 bridgehead atoms. The highest BCUT2D eigenvalue weighted by atomic mass is 16.7. The maximum Gasteiger partial charge on any atom is 0.324 e. The van der Waals surface area contributed by atoms with Crippen LogP contribution in [-0.2, 0) is 30.3 Å². The average molecular weight is 830 g/mol. The fraction of sp³-hybridized carbons (Fsp3) is 0.489. The van der Waals surface area contributed by atoms with Crippen LogP contribution >= 0.6 is 0 Å². The van der Waals surface area contributed by atoms with Crippen molar-refractivity contribution in [2.45, 2.75) is 140 Å². The predicted octanol–water partition coefficient (Wildman–Crippen LogP) is 7.26. The molecule has 60 heavy (non-hydrogen) atoms. The van der Waals surface area contributed by atoms with E-state index in [2.05, 4.69) is 48.9 Å². The molecule has 1 fully saturated rings. The number of carbonyl (C=O) groups is 4. The van der Waals surface area contributed by atoms with Gasteiger partial charge < -0.3 is 39.5 Å². The molecule has 13 nitrogen and oxygen atoms in total. The molecule has 0 amide bonds. The van der Waals surface area contributed by atoms with Crippen LogP contribution in [0.5, 0.6) is 17.2 Å². The summed E-state index contributed by atoms with van der Waals surface area (Å²) in [5.41, 5.74) is -0.717. The second-order valence-corrected chi connectivity index (χ2v) is 15.7. The Morgan fingerprint density at radius 2 is 1.53 bits per heavy atom. The number of phenolic OH excluding ortho intramolecular Hbond substituents is 2. The number of hydroxylamine groups is 1. The molecule has 1 aliphatic heterocycles. The summed E-state index contributed by atoms with van der Waals surface area (Å²) >= 11 is 0. The Labute approximate surface area is 351 Å². The lowest BCUT2D eigenvalue weighted by Gasteiger charge is -2.42. The molecule has 5 rings (SSSR count). The maximum absolute atomic E-state index is 13.9. The zero-order valence-corrected chi connectivity index (χ0v) is 35.0. The third-order valence-electron chi connectivity index (χ3n) is 11.3. The van der Waals surface area contributed by atoms with E-state index in [0.717, 1.165) is 25.7 Å². The fourth-order valence-corrected chi connectivity index (χ4v) is 7.86. The smallest absolute Gasteiger partial charge is 0.324 e. The van der Waals surface area contributed by atoms with E-state index in [1.54, 1.807) is 6.92 Å². The van der Waals surface area contributed by atoms with Crippen LogP contribution in [-0.4, -0.2) is 81.0 Å². The van der Waals surface area contributed by atoms with Crippen molar-refractivity contribution in [2.24, 2.45) is 0 Å². The third-order valence-corrected chi connectivity index (χ3v) is 11.3. The van der Waals surface area contributed by atoms with Crippen LogP contribution in [0.1, 0.15) is 147 Å². The number of hydrogen-bond donors (Lipinski definition) is 5. The van der Waals surface area contributed by atoms with Crippen LogP contribution in [0.3, 0.4) is 0 Å². The molecule has 4 unspecified atom stereocenters. The first-order chi connectivity index (χ1) is 28.8. The summed E-state index contributed by atoms with van der Waals surface area (Å²) in [5.74, 6) is -3.91. The number of Topliss-reactive ketones (excluding diaryl/α,β-unsaturated/α-hetero) is 1. The summed E-state index contributed by atoms with van der Waals surface area (Å²) in [6.45, 7) is 4.96. The molecule has 5 N–H and O–H groups in total. The molecule has 0 aromatic heterocycles. The van der Waals surface area contributed by atoms with Crippen LogP contribution in [0.15, 0.2) is 66.8 Å². The summed E-state index contributed by atoms with van der Waals surface area (Å²) in [4.78, 5) is 58.4. The number of aliphatic hydroxyl groups is 2. The minimum Gasteiger partial charge on any atom is -0.507 e. The Balaban J connectivity index is 1.17. The molecule has 13 heteroatoms. The number of ketones is 3. The van der Waals surface area contributed by atoms with Gasteiger partial charge in [-0.2, -0.15) is 0 Å². The van der Waals surface area contributed by atoms with Crippen molar-refractivity contribution in [3.63, 3.8) is 0 Å². The zero-order valence-electron chi connectivity index (χ0n) is 35.0. The van der Waals surface area contributed by atoms with E-state index in [4.69, 9.17) is 19.0 Å². The molecule has 0 radical (unpaired) electrons. The molecule has 2 aromatic rings. The average Bonchev–Trinajstić information content (AvgIpc) is 3.22. The molecule has 2 aromatic carbocycles. The predicted molar refractivity (Wildman–Crippen MR) is 224 cm³/mol. The second-order valence-electron chi connectivity index (χ2n) is 15.7. The van der Waals surface area contributed by atoms with Crippen molar-refractivity contribution in [1.29, 1.82) is 0 Å². The zero-order chi connectivity index (χ0) is 43.4. The van der Waals surface area contributed by atoms with Gasteiger partial charge in [0.1, 0.15) is 22.8 Å². The number of fused-ring (bicyclic) bond motifs is 3. The Bertz CT molecular complexity index is 2000. The normalized spacial score (nSPS) is 24.0. The largest absolute Gasteiger partial charge is 0.507 e. The van der Waals surface area contributed by atoms with E-state index in [1.165, 1.54) is 51.5 Å². The summed E-state index contributed by atoms with van der Waals surface area (Å²) in [6.07, 6.45) is 20.6. The van der Waals surface area contributed by atoms with Gasteiger partial charge in [-0.25, -0.2) is 0 Å².